The number of nitrogens with one attached hydrogen (secondary N) is 3. The third-order valence-corrected chi connectivity index (χ3v) is 2.31. The van der Waals surface area contributed by atoms with Gasteiger partial charge in [0.1, 0.15) is 0 Å². The summed E-state index contributed by atoms with van der Waals surface area (Å²) in [6.45, 7) is 8.20. The maximum atomic E-state index is 11.6. The van der Waals surface area contributed by atoms with Crippen LogP contribution in [0.25, 0.3) is 0 Å². The van der Waals surface area contributed by atoms with Crippen molar-refractivity contribution >= 4 is 11.8 Å². The molecule has 0 radical (unpaired) electrons. The third-order valence-electron chi connectivity index (χ3n) is 2.31. The molecule has 2 amide bonds. The highest BCUT2D eigenvalue weighted by atomic mass is 16.2. The van der Waals surface area contributed by atoms with E-state index in [0.717, 1.165) is 0 Å². The lowest BCUT2D eigenvalue weighted by Crippen LogP contribution is -2.53. The highest BCUT2D eigenvalue weighted by Crippen LogP contribution is 1.99. The van der Waals surface area contributed by atoms with E-state index in [1.165, 1.54) is 0 Å². The highest BCUT2D eigenvalue weighted by Gasteiger charge is 2.25. The molecule has 0 heterocycles. The first-order valence-corrected chi connectivity index (χ1v) is 5.53. The summed E-state index contributed by atoms with van der Waals surface area (Å²) in [5.41, 5.74) is -0.654. The maximum absolute atomic E-state index is 11.6. The van der Waals surface area contributed by atoms with Gasteiger partial charge in [0.25, 0.3) is 0 Å². The number of hydrogen-bond acceptors (Lipinski definition) is 3. The van der Waals surface area contributed by atoms with Crippen molar-refractivity contribution in [2.24, 2.45) is 5.92 Å². The Morgan fingerprint density at radius 1 is 1.19 bits per heavy atom. The third kappa shape index (κ3) is 5.70. The van der Waals surface area contributed by atoms with Gasteiger partial charge in [-0.2, -0.15) is 0 Å². The van der Waals surface area contributed by atoms with E-state index < -0.39 is 5.54 Å². The average molecular weight is 229 g/mol. The van der Waals surface area contributed by atoms with Gasteiger partial charge in [0.15, 0.2) is 0 Å². The zero-order valence-corrected chi connectivity index (χ0v) is 10.8. The molecule has 0 bridgehead atoms. The quantitative estimate of drug-likeness (QED) is 0.594. The molecule has 0 aliphatic carbocycles. The van der Waals surface area contributed by atoms with Gasteiger partial charge in [-0.25, -0.2) is 0 Å². The molecular weight excluding hydrogens is 206 g/mol. The monoisotopic (exact) mass is 229 g/mol. The minimum Gasteiger partial charge on any atom is -0.354 e. The number of carbonyl (C=O) groups is 2. The molecule has 0 aromatic rings. The Morgan fingerprint density at radius 3 is 2.19 bits per heavy atom. The molecule has 0 saturated heterocycles. The number of amides is 2. The molecule has 0 aromatic heterocycles. The minimum absolute atomic E-state index is 0.0245. The first-order chi connectivity index (χ1) is 7.29. The standard InChI is InChI=1S/C11H23N3O2/c1-8(2)6-13-9(15)7-14-10(16)11(3,4)12-5/h8,12H,6-7H2,1-5H3,(H,13,15)(H,14,16). The molecule has 0 spiro atoms. The van der Waals surface area contributed by atoms with E-state index in [0.29, 0.717) is 12.5 Å². The van der Waals surface area contributed by atoms with E-state index in [1.807, 2.05) is 13.8 Å². The molecule has 0 aliphatic heterocycles. The fourth-order valence-corrected chi connectivity index (χ4v) is 0.876. The number of rotatable bonds is 6. The van der Waals surface area contributed by atoms with Crippen LogP contribution in [0.4, 0.5) is 0 Å². The zero-order chi connectivity index (χ0) is 12.8. The highest BCUT2D eigenvalue weighted by molar-refractivity contribution is 5.89. The van der Waals surface area contributed by atoms with Gasteiger partial charge in [-0.3, -0.25) is 9.59 Å². The first kappa shape index (κ1) is 14.9. The molecule has 5 heteroatoms. The molecular formula is C11H23N3O2. The normalized spacial score (nSPS) is 11.4. The van der Waals surface area contributed by atoms with Crippen LogP contribution in [0.5, 0.6) is 0 Å². The molecule has 0 fully saturated rings. The molecule has 0 atom stereocenters. The van der Waals surface area contributed by atoms with Gasteiger partial charge in [-0.15, -0.1) is 0 Å². The van der Waals surface area contributed by atoms with Crippen molar-refractivity contribution in [2.45, 2.75) is 33.2 Å². The zero-order valence-electron chi connectivity index (χ0n) is 10.8. The molecule has 0 aliphatic rings. The molecule has 3 N–H and O–H groups in total. The molecule has 0 unspecified atom stereocenters. The van der Waals surface area contributed by atoms with Crippen molar-refractivity contribution in [1.82, 2.24) is 16.0 Å². The summed E-state index contributed by atoms with van der Waals surface area (Å²) >= 11 is 0. The van der Waals surface area contributed by atoms with Crippen LogP contribution < -0.4 is 16.0 Å². The van der Waals surface area contributed by atoms with E-state index in [2.05, 4.69) is 16.0 Å². The fourth-order valence-electron chi connectivity index (χ4n) is 0.876. The second-order valence-electron chi connectivity index (χ2n) is 4.76. The summed E-state index contributed by atoms with van der Waals surface area (Å²) < 4.78 is 0. The number of carbonyl (C=O) groups excluding carboxylic acids is 2. The Balaban J connectivity index is 3.89. The lowest BCUT2D eigenvalue weighted by molar-refractivity contribution is -0.129. The SMILES string of the molecule is CNC(C)(C)C(=O)NCC(=O)NCC(C)C. The number of hydrogen-bond donors (Lipinski definition) is 3. The summed E-state index contributed by atoms with van der Waals surface area (Å²) in [4.78, 5) is 22.9. The van der Waals surface area contributed by atoms with E-state index in [4.69, 9.17) is 0 Å². The molecule has 0 saturated carbocycles. The van der Waals surface area contributed by atoms with Crippen molar-refractivity contribution in [2.75, 3.05) is 20.1 Å². The molecule has 0 aromatic carbocycles. The van der Waals surface area contributed by atoms with Crippen LogP contribution >= 0.6 is 0 Å². The maximum Gasteiger partial charge on any atom is 0.240 e. The van der Waals surface area contributed by atoms with E-state index in [1.54, 1.807) is 20.9 Å². The van der Waals surface area contributed by atoms with Crippen LogP contribution in [-0.4, -0.2) is 37.5 Å². The van der Waals surface area contributed by atoms with Crippen molar-refractivity contribution in [1.29, 1.82) is 0 Å². The van der Waals surface area contributed by atoms with Crippen LogP contribution in [0.15, 0.2) is 0 Å². The van der Waals surface area contributed by atoms with Gasteiger partial charge >= 0.3 is 0 Å². The Hall–Kier alpha value is -1.10. The lowest BCUT2D eigenvalue weighted by Gasteiger charge is -2.22. The Morgan fingerprint density at radius 2 is 1.75 bits per heavy atom. The van der Waals surface area contributed by atoms with Gasteiger partial charge in [0.05, 0.1) is 12.1 Å². The van der Waals surface area contributed by atoms with Crippen molar-refractivity contribution in [3.05, 3.63) is 0 Å². The van der Waals surface area contributed by atoms with Crippen molar-refractivity contribution in [3.8, 4) is 0 Å². The van der Waals surface area contributed by atoms with Gasteiger partial charge < -0.3 is 16.0 Å². The van der Waals surface area contributed by atoms with E-state index in [-0.39, 0.29) is 18.4 Å². The van der Waals surface area contributed by atoms with Crippen molar-refractivity contribution < 1.29 is 9.59 Å². The number of likely N-dealkylation sites (N-methyl/N-ethyl adjacent to an activating group) is 1. The van der Waals surface area contributed by atoms with E-state index in [9.17, 15) is 9.59 Å². The predicted octanol–water partition coefficient (Wildman–Crippen LogP) is -0.127. The van der Waals surface area contributed by atoms with Crippen LogP contribution in [-0.2, 0) is 9.59 Å². The minimum atomic E-state index is -0.654. The summed E-state index contributed by atoms with van der Waals surface area (Å²) in [5, 5.41) is 8.19. The molecule has 0 rings (SSSR count). The van der Waals surface area contributed by atoms with Gasteiger partial charge in [0.2, 0.25) is 11.8 Å². The first-order valence-electron chi connectivity index (χ1n) is 5.53. The van der Waals surface area contributed by atoms with Crippen molar-refractivity contribution in [3.63, 3.8) is 0 Å². The summed E-state index contributed by atoms with van der Waals surface area (Å²) in [7, 11) is 1.71. The molecule has 5 nitrogen and oxygen atoms in total. The van der Waals surface area contributed by atoms with Gasteiger partial charge in [-0.1, -0.05) is 13.8 Å². The summed E-state index contributed by atoms with van der Waals surface area (Å²) in [6, 6.07) is 0. The van der Waals surface area contributed by atoms with Crippen LogP contribution in [0.3, 0.4) is 0 Å². The second kappa shape index (κ2) is 6.48. The topological polar surface area (TPSA) is 70.2 Å². The summed E-state index contributed by atoms with van der Waals surface area (Å²) in [5.74, 6) is 0.0667. The molecule has 94 valence electrons. The van der Waals surface area contributed by atoms with Gasteiger partial charge in [-0.05, 0) is 26.8 Å². The largest absolute Gasteiger partial charge is 0.354 e. The average Bonchev–Trinajstić information content (AvgIpc) is 2.22. The van der Waals surface area contributed by atoms with Crippen LogP contribution in [0.2, 0.25) is 0 Å². The second-order valence-corrected chi connectivity index (χ2v) is 4.76. The summed E-state index contributed by atoms with van der Waals surface area (Å²) in [6.07, 6.45) is 0. The predicted molar refractivity (Wildman–Crippen MR) is 64.0 cm³/mol. The Kier molecular flexibility index (Phi) is 6.03. The Bertz CT molecular complexity index is 250. The smallest absolute Gasteiger partial charge is 0.240 e. The Labute approximate surface area is 97.4 Å². The molecule has 16 heavy (non-hydrogen) atoms. The lowest BCUT2D eigenvalue weighted by atomic mass is 10.1. The van der Waals surface area contributed by atoms with Crippen LogP contribution in [0, 0.1) is 5.92 Å². The van der Waals surface area contributed by atoms with Crippen LogP contribution in [0.1, 0.15) is 27.7 Å². The fraction of sp³-hybridized carbons (Fsp3) is 0.818. The van der Waals surface area contributed by atoms with E-state index >= 15 is 0 Å². The van der Waals surface area contributed by atoms with Gasteiger partial charge in [0, 0.05) is 6.54 Å².